The molecule has 0 saturated heterocycles. The lowest BCUT2D eigenvalue weighted by atomic mass is 9.92. The van der Waals surface area contributed by atoms with Crippen LogP contribution in [0.4, 0.5) is 5.82 Å². The Kier molecular flexibility index (Phi) is 5.26. The summed E-state index contributed by atoms with van der Waals surface area (Å²) >= 11 is 0. The quantitative estimate of drug-likeness (QED) is 0.898. The van der Waals surface area contributed by atoms with Crippen molar-refractivity contribution >= 4 is 11.7 Å². The minimum atomic E-state index is -0.608. The first-order chi connectivity index (χ1) is 11.5. The highest BCUT2D eigenvalue weighted by molar-refractivity contribution is 5.93. The average molecular weight is 343 g/mol. The van der Waals surface area contributed by atoms with Gasteiger partial charge in [-0.05, 0) is 39.8 Å². The zero-order valence-electron chi connectivity index (χ0n) is 16.3. The van der Waals surface area contributed by atoms with Crippen LogP contribution in [0.2, 0.25) is 0 Å². The van der Waals surface area contributed by atoms with Crippen LogP contribution in [0.15, 0.2) is 36.4 Å². The van der Waals surface area contributed by atoms with Crippen molar-refractivity contribution in [3.63, 3.8) is 0 Å². The number of carbonyl (C=O) groups is 1. The van der Waals surface area contributed by atoms with Gasteiger partial charge in [0.05, 0.1) is 11.2 Å². The standard InChI is InChI=1S/C20H29N3O2/c1-14(25-15-11-9-8-10-12-15)18(24)21-17-13-16(19(2,3)4)22-23(17)20(5,6)7/h8-14H,1-7H3,(H,21,24). The Morgan fingerprint density at radius 1 is 1.12 bits per heavy atom. The van der Waals surface area contributed by atoms with Gasteiger partial charge in [-0.25, -0.2) is 4.68 Å². The first kappa shape index (κ1) is 19.0. The Labute approximate surface area is 150 Å². The number of para-hydroxylation sites is 1. The number of carbonyl (C=O) groups excluding carboxylic acids is 1. The molecule has 0 aliphatic rings. The van der Waals surface area contributed by atoms with Crippen LogP contribution in [0.25, 0.3) is 0 Å². The number of benzene rings is 1. The molecular weight excluding hydrogens is 314 g/mol. The summed E-state index contributed by atoms with van der Waals surface area (Å²) in [4.78, 5) is 12.6. The first-order valence-electron chi connectivity index (χ1n) is 8.62. The summed E-state index contributed by atoms with van der Waals surface area (Å²) in [6, 6.07) is 11.3. The molecule has 0 radical (unpaired) electrons. The Bertz CT molecular complexity index is 722. The van der Waals surface area contributed by atoms with E-state index in [1.807, 2.05) is 41.1 Å². The number of aromatic nitrogens is 2. The number of hydrogen-bond acceptors (Lipinski definition) is 3. The Hall–Kier alpha value is -2.30. The summed E-state index contributed by atoms with van der Waals surface area (Å²) < 4.78 is 7.57. The zero-order valence-corrected chi connectivity index (χ0v) is 16.3. The summed E-state index contributed by atoms with van der Waals surface area (Å²) in [5.74, 6) is 1.16. The largest absolute Gasteiger partial charge is 0.481 e. The van der Waals surface area contributed by atoms with Crippen molar-refractivity contribution in [3.05, 3.63) is 42.1 Å². The molecular formula is C20H29N3O2. The van der Waals surface area contributed by atoms with Gasteiger partial charge in [0.1, 0.15) is 11.6 Å². The van der Waals surface area contributed by atoms with Crippen LogP contribution in [0.3, 0.4) is 0 Å². The first-order valence-corrected chi connectivity index (χ1v) is 8.62. The van der Waals surface area contributed by atoms with Crippen molar-refractivity contribution < 1.29 is 9.53 Å². The smallest absolute Gasteiger partial charge is 0.266 e. The highest BCUT2D eigenvalue weighted by Crippen LogP contribution is 2.28. The number of hydrogen-bond donors (Lipinski definition) is 1. The van der Waals surface area contributed by atoms with Gasteiger partial charge in [0.25, 0.3) is 5.91 Å². The van der Waals surface area contributed by atoms with Crippen LogP contribution in [-0.4, -0.2) is 21.8 Å². The van der Waals surface area contributed by atoms with Crippen molar-refractivity contribution in [2.45, 2.75) is 65.5 Å². The summed E-state index contributed by atoms with van der Waals surface area (Å²) in [6.45, 7) is 14.2. The highest BCUT2D eigenvalue weighted by Gasteiger charge is 2.27. The lowest BCUT2D eigenvalue weighted by Crippen LogP contribution is -2.33. The third-order valence-electron chi connectivity index (χ3n) is 3.79. The Balaban J connectivity index is 2.20. The van der Waals surface area contributed by atoms with Crippen molar-refractivity contribution in [1.29, 1.82) is 0 Å². The summed E-state index contributed by atoms with van der Waals surface area (Å²) in [6.07, 6.45) is -0.608. The predicted octanol–water partition coefficient (Wildman–Crippen LogP) is 4.34. The highest BCUT2D eigenvalue weighted by atomic mass is 16.5. The molecule has 0 fully saturated rings. The van der Waals surface area contributed by atoms with Gasteiger partial charge in [-0.15, -0.1) is 0 Å². The van der Waals surface area contributed by atoms with E-state index < -0.39 is 6.10 Å². The van der Waals surface area contributed by atoms with Crippen LogP contribution in [-0.2, 0) is 15.7 Å². The molecule has 1 aromatic carbocycles. The monoisotopic (exact) mass is 343 g/mol. The lowest BCUT2D eigenvalue weighted by Gasteiger charge is -2.23. The van der Waals surface area contributed by atoms with Crippen LogP contribution < -0.4 is 10.1 Å². The molecule has 0 saturated carbocycles. The van der Waals surface area contributed by atoms with E-state index in [-0.39, 0.29) is 16.9 Å². The minimum absolute atomic E-state index is 0.0951. The maximum Gasteiger partial charge on any atom is 0.266 e. The second-order valence-electron chi connectivity index (χ2n) is 8.31. The molecule has 5 heteroatoms. The van der Waals surface area contributed by atoms with Crippen LogP contribution in [0.5, 0.6) is 5.75 Å². The van der Waals surface area contributed by atoms with Crippen molar-refractivity contribution in [1.82, 2.24) is 9.78 Å². The Morgan fingerprint density at radius 3 is 2.24 bits per heavy atom. The van der Waals surface area contributed by atoms with E-state index >= 15 is 0 Å². The molecule has 136 valence electrons. The molecule has 2 rings (SSSR count). The molecule has 0 aliphatic heterocycles. The lowest BCUT2D eigenvalue weighted by molar-refractivity contribution is -0.122. The molecule has 0 bridgehead atoms. The topological polar surface area (TPSA) is 56.1 Å². The second kappa shape index (κ2) is 6.90. The van der Waals surface area contributed by atoms with E-state index in [1.54, 1.807) is 6.92 Å². The van der Waals surface area contributed by atoms with Gasteiger partial charge in [0.15, 0.2) is 6.10 Å². The second-order valence-corrected chi connectivity index (χ2v) is 8.31. The fraction of sp³-hybridized carbons (Fsp3) is 0.500. The predicted molar refractivity (Wildman–Crippen MR) is 101 cm³/mol. The fourth-order valence-electron chi connectivity index (χ4n) is 2.33. The molecule has 1 aromatic heterocycles. The Morgan fingerprint density at radius 2 is 1.72 bits per heavy atom. The van der Waals surface area contributed by atoms with Gasteiger partial charge < -0.3 is 10.1 Å². The van der Waals surface area contributed by atoms with Gasteiger partial charge >= 0.3 is 0 Å². The van der Waals surface area contributed by atoms with Crippen LogP contribution in [0, 0.1) is 0 Å². The molecule has 1 unspecified atom stereocenters. The van der Waals surface area contributed by atoms with E-state index in [0.717, 1.165) is 5.69 Å². The van der Waals surface area contributed by atoms with Gasteiger partial charge in [0, 0.05) is 11.5 Å². The summed E-state index contributed by atoms with van der Waals surface area (Å²) in [5, 5.41) is 7.68. The SMILES string of the molecule is CC(Oc1ccccc1)C(=O)Nc1cc(C(C)(C)C)nn1C(C)(C)C. The molecule has 1 amide bonds. The molecule has 2 aromatic rings. The van der Waals surface area contributed by atoms with E-state index in [1.165, 1.54) is 0 Å². The maximum absolute atomic E-state index is 12.6. The number of amides is 1. The van der Waals surface area contributed by atoms with Crippen LogP contribution in [0.1, 0.15) is 54.2 Å². The van der Waals surface area contributed by atoms with Gasteiger partial charge in [-0.2, -0.15) is 5.10 Å². The maximum atomic E-state index is 12.6. The van der Waals surface area contributed by atoms with Crippen LogP contribution >= 0.6 is 0 Å². The van der Waals surface area contributed by atoms with Crippen molar-refractivity contribution in [2.75, 3.05) is 5.32 Å². The van der Waals surface area contributed by atoms with Gasteiger partial charge in [-0.3, -0.25) is 4.79 Å². The molecule has 25 heavy (non-hydrogen) atoms. The molecule has 0 spiro atoms. The normalized spacial score (nSPS) is 13.4. The number of ether oxygens (including phenoxy) is 1. The third-order valence-corrected chi connectivity index (χ3v) is 3.79. The van der Waals surface area contributed by atoms with E-state index in [4.69, 9.17) is 9.84 Å². The molecule has 1 heterocycles. The van der Waals surface area contributed by atoms with E-state index in [2.05, 4.69) is 46.9 Å². The third kappa shape index (κ3) is 4.84. The molecule has 1 N–H and O–H groups in total. The van der Waals surface area contributed by atoms with Crippen molar-refractivity contribution in [3.8, 4) is 5.75 Å². The molecule has 5 nitrogen and oxygen atoms in total. The molecule has 0 aliphatic carbocycles. The number of rotatable bonds is 4. The van der Waals surface area contributed by atoms with Crippen molar-refractivity contribution in [2.24, 2.45) is 0 Å². The van der Waals surface area contributed by atoms with Gasteiger partial charge in [-0.1, -0.05) is 39.0 Å². The average Bonchev–Trinajstić information content (AvgIpc) is 2.92. The molecule has 1 atom stereocenters. The number of anilines is 1. The number of nitrogens with one attached hydrogen (secondary N) is 1. The van der Waals surface area contributed by atoms with E-state index in [9.17, 15) is 4.79 Å². The minimum Gasteiger partial charge on any atom is -0.481 e. The number of nitrogens with zero attached hydrogens (tertiary/aromatic N) is 2. The zero-order chi connectivity index (χ0) is 18.8. The van der Waals surface area contributed by atoms with Gasteiger partial charge in [0.2, 0.25) is 0 Å². The summed E-state index contributed by atoms with van der Waals surface area (Å²) in [7, 11) is 0. The summed E-state index contributed by atoms with van der Waals surface area (Å²) in [5.41, 5.74) is 0.604. The van der Waals surface area contributed by atoms with E-state index in [0.29, 0.717) is 11.6 Å². The fourth-order valence-corrected chi connectivity index (χ4v) is 2.33.